The van der Waals surface area contributed by atoms with Crippen molar-refractivity contribution >= 4 is 14.2 Å². The minimum atomic E-state index is -2.86. The van der Waals surface area contributed by atoms with E-state index in [1.807, 2.05) is 20.8 Å². The van der Waals surface area contributed by atoms with Crippen LogP contribution < -0.4 is 5.73 Å². The van der Waals surface area contributed by atoms with Crippen molar-refractivity contribution < 1.29 is 18.0 Å². The first kappa shape index (κ1) is 14.5. The number of halogens is 2. The first-order chi connectivity index (χ1) is 6.49. The third-order valence-corrected chi connectivity index (χ3v) is 7.19. The van der Waals surface area contributed by atoms with Gasteiger partial charge in [-0.2, -0.15) is 0 Å². The zero-order chi connectivity index (χ0) is 12.4. The molecule has 0 radical (unpaired) electrons. The van der Waals surface area contributed by atoms with Gasteiger partial charge in [0.1, 0.15) is 0 Å². The van der Waals surface area contributed by atoms with Gasteiger partial charge in [0, 0.05) is 0 Å². The number of carbonyl (C=O) groups is 1. The lowest BCUT2D eigenvalue weighted by atomic mass is 10.2. The predicted octanol–water partition coefficient (Wildman–Crippen LogP) is 2.13. The molecule has 0 aliphatic rings. The monoisotopic (exact) mass is 239 g/mol. The molecule has 0 aromatic carbocycles. The minimum Gasteiger partial charge on any atom is -0.401 e. The molecule has 0 spiro atoms. The van der Waals surface area contributed by atoms with E-state index in [1.54, 1.807) is 13.1 Å². The topological polar surface area (TPSA) is 52.3 Å². The van der Waals surface area contributed by atoms with Crippen molar-refractivity contribution in [1.29, 1.82) is 0 Å². The van der Waals surface area contributed by atoms with Crippen LogP contribution in [-0.2, 0) is 9.22 Å². The normalized spacial score (nSPS) is 15.5. The summed E-state index contributed by atoms with van der Waals surface area (Å²) >= 11 is 0. The molecule has 0 aliphatic carbocycles. The average Bonchev–Trinajstić information content (AvgIpc) is 1.96. The van der Waals surface area contributed by atoms with Crippen LogP contribution in [0, 0.1) is 0 Å². The molecular formula is C9H19F2NO2Si. The third-order valence-electron chi connectivity index (χ3n) is 2.74. The van der Waals surface area contributed by atoms with Crippen LogP contribution in [0.5, 0.6) is 0 Å². The van der Waals surface area contributed by atoms with Gasteiger partial charge in [-0.25, -0.2) is 8.78 Å². The number of alkyl halides is 2. The number of nitrogens with two attached hydrogens (primary N) is 1. The van der Waals surface area contributed by atoms with E-state index in [0.29, 0.717) is 0 Å². The fourth-order valence-corrected chi connectivity index (χ4v) is 1.94. The number of hydrogen-bond donors (Lipinski definition) is 1. The standard InChI is InChI=1S/C9H19F2NO2Si/c1-9(2,3)15(4,5)14-6(7(10)11)8(12)13/h6-7H,1-5H3,(H2,12,13). The molecule has 0 fully saturated rings. The quantitative estimate of drug-likeness (QED) is 0.764. The molecule has 1 atom stereocenters. The number of carbonyl (C=O) groups excluding carboxylic acids is 1. The van der Waals surface area contributed by atoms with Gasteiger partial charge >= 0.3 is 0 Å². The molecule has 3 nitrogen and oxygen atoms in total. The maximum atomic E-state index is 12.5. The van der Waals surface area contributed by atoms with E-state index in [-0.39, 0.29) is 5.04 Å². The van der Waals surface area contributed by atoms with E-state index < -0.39 is 26.8 Å². The maximum absolute atomic E-state index is 12.5. The van der Waals surface area contributed by atoms with E-state index in [4.69, 9.17) is 10.2 Å². The van der Waals surface area contributed by atoms with Gasteiger partial charge in [0.15, 0.2) is 14.4 Å². The Bertz CT molecular complexity index is 239. The lowest BCUT2D eigenvalue weighted by molar-refractivity contribution is -0.132. The van der Waals surface area contributed by atoms with E-state index in [2.05, 4.69) is 0 Å². The van der Waals surface area contributed by atoms with Crippen LogP contribution in [-0.4, -0.2) is 26.8 Å². The average molecular weight is 239 g/mol. The van der Waals surface area contributed by atoms with Crippen molar-refractivity contribution in [2.24, 2.45) is 5.73 Å². The Hall–Kier alpha value is -0.493. The summed E-state index contributed by atoms with van der Waals surface area (Å²) in [6.07, 6.45) is -4.65. The van der Waals surface area contributed by atoms with Gasteiger partial charge in [-0.1, -0.05) is 20.8 Å². The molecule has 0 saturated heterocycles. The third kappa shape index (κ3) is 3.87. The molecule has 0 saturated carbocycles. The second kappa shape index (κ2) is 4.57. The first-order valence-corrected chi connectivity index (χ1v) is 7.65. The van der Waals surface area contributed by atoms with Crippen molar-refractivity contribution in [3.05, 3.63) is 0 Å². The molecule has 0 rings (SSSR count). The number of rotatable bonds is 4. The smallest absolute Gasteiger partial charge is 0.272 e. The summed E-state index contributed by atoms with van der Waals surface area (Å²) in [5.74, 6) is -1.10. The van der Waals surface area contributed by atoms with Crippen LogP contribution in [0.25, 0.3) is 0 Å². The maximum Gasteiger partial charge on any atom is 0.272 e. The van der Waals surface area contributed by atoms with Crippen molar-refractivity contribution in [2.75, 3.05) is 0 Å². The largest absolute Gasteiger partial charge is 0.401 e. The summed E-state index contributed by atoms with van der Waals surface area (Å²) in [6, 6.07) is 0. The highest BCUT2D eigenvalue weighted by Gasteiger charge is 2.42. The molecule has 0 bridgehead atoms. The van der Waals surface area contributed by atoms with Crippen LogP contribution in [0.4, 0.5) is 8.78 Å². The zero-order valence-corrected chi connectivity index (χ0v) is 10.8. The van der Waals surface area contributed by atoms with Crippen LogP contribution in [0.15, 0.2) is 0 Å². The predicted molar refractivity (Wildman–Crippen MR) is 57.3 cm³/mol. The van der Waals surface area contributed by atoms with Crippen molar-refractivity contribution in [3.63, 3.8) is 0 Å². The fourth-order valence-electron chi connectivity index (χ4n) is 0.728. The summed E-state index contributed by atoms with van der Waals surface area (Å²) in [7, 11) is -2.37. The molecular weight excluding hydrogens is 220 g/mol. The van der Waals surface area contributed by atoms with Gasteiger partial charge in [0.25, 0.3) is 12.3 Å². The molecule has 2 N–H and O–H groups in total. The summed E-state index contributed by atoms with van der Waals surface area (Å²) in [6.45, 7) is 9.31. The van der Waals surface area contributed by atoms with Gasteiger partial charge in [-0.05, 0) is 18.1 Å². The van der Waals surface area contributed by atoms with Gasteiger partial charge < -0.3 is 10.2 Å². The number of primary amides is 1. The Morgan fingerprint density at radius 1 is 1.33 bits per heavy atom. The van der Waals surface area contributed by atoms with E-state index in [0.717, 1.165) is 0 Å². The van der Waals surface area contributed by atoms with Crippen LogP contribution >= 0.6 is 0 Å². The van der Waals surface area contributed by atoms with Crippen molar-refractivity contribution in [2.45, 2.75) is 51.4 Å². The molecule has 0 aromatic rings. The second-order valence-electron chi connectivity index (χ2n) is 5.04. The Kier molecular flexibility index (Phi) is 4.42. The van der Waals surface area contributed by atoms with Crippen LogP contribution in [0.3, 0.4) is 0 Å². The molecule has 1 amide bonds. The first-order valence-electron chi connectivity index (χ1n) is 4.74. The highest BCUT2D eigenvalue weighted by Crippen LogP contribution is 2.37. The highest BCUT2D eigenvalue weighted by atomic mass is 28.4. The van der Waals surface area contributed by atoms with Gasteiger partial charge in [0.2, 0.25) is 0 Å². The SMILES string of the molecule is CC(C)(C)[Si](C)(C)OC(C(N)=O)C(F)F. The summed E-state index contributed by atoms with van der Waals surface area (Å²) in [5.41, 5.74) is 4.87. The molecule has 0 aliphatic heterocycles. The fraction of sp³-hybridized carbons (Fsp3) is 0.889. The van der Waals surface area contributed by atoms with Crippen LogP contribution in [0.2, 0.25) is 18.1 Å². The van der Waals surface area contributed by atoms with Gasteiger partial charge in [0.05, 0.1) is 0 Å². The Labute approximate surface area is 90.1 Å². The second-order valence-corrected chi connectivity index (χ2v) is 9.79. The summed E-state index contributed by atoms with van der Waals surface area (Å²) in [5, 5.41) is -0.227. The van der Waals surface area contributed by atoms with Crippen LogP contribution in [0.1, 0.15) is 20.8 Å². The minimum absolute atomic E-state index is 0.227. The molecule has 0 heterocycles. The summed E-state index contributed by atoms with van der Waals surface area (Å²) < 4.78 is 30.2. The molecule has 90 valence electrons. The molecule has 6 heteroatoms. The van der Waals surface area contributed by atoms with Gasteiger partial charge in [-0.3, -0.25) is 4.79 Å². The Morgan fingerprint density at radius 2 is 1.73 bits per heavy atom. The van der Waals surface area contributed by atoms with E-state index in [1.165, 1.54) is 0 Å². The van der Waals surface area contributed by atoms with Crippen molar-refractivity contribution in [3.8, 4) is 0 Å². The van der Waals surface area contributed by atoms with Crippen molar-refractivity contribution in [1.82, 2.24) is 0 Å². The molecule has 15 heavy (non-hydrogen) atoms. The molecule has 0 aromatic heterocycles. The lowest BCUT2D eigenvalue weighted by Gasteiger charge is -2.38. The van der Waals surface area contributed by atoms with E-state index in [9.17, 15) is 13.6 Å². The number of amides is 1. The Balaban J connectivity index is 4.75. The Morgan fingerprint density at radius 3 is 1.93 bits per heavy atom. The number of hydrogen-bond acceptors (Lipinski definition) is 2. The zero-order valence-electron chi connectivity index (χ0n) is 9.80. The lowest BCUT2D eigenvalue weighted by Crippen LogP contribution is -2.50. The van der Waals surface area contributed by atoms with E-state index >= 15 is 0 Å². The summed E-state index contributed by atoms with van der Waals surface area (Å²) in [4.78, 5) is 10.8. The van der Waals surface area contributed by atoms with Gasteiger partial charge in [-0.15, -0.1) is 0 Å². The molecule has 1 unspecified atom stereocenters. The highest BCUT2D eigenvalue weighted by molar-refractivity contribution is 6.74.